The highest BCUT2D eigenvalue weighted by Crippen LogP contribution is 2.36. The number of nitrogens with one attached hydrogen (secondary N) is 2. The topological polar surface area (TPSA) is 110 Å². The Morgan fingerprint density at radius 2 is 1.94 bits per heavy atom. The third-order valence-corrected chi connectivity index (χ3v) is 7.06. The van der Waals surface area contributed by atoms with Crippen LogP contribution in [0.4, 0.5) is 29.8 Å². The average Bonchev–Trinajstić information content (AvgIpc) is 3.52. The van der Waals surface area contributed by atoms with Crippen LogP contribution in [-0.4, -0.2) is 31.6 Å². The molecule has 3 aromatic heterocycles. The molecule has 14 heteroatoms. The number of carbonyl (C=O) groups excluding carboxylic acids is 2. The van der Waals surface area contributed by atoms with Gasteiger partial charge in [0.05, 0.1) is 21.8 Å². The maximum absolute atomic E-state index is 13.1. The fourth-order valence-corrected chi connectivity index (χ4v) is 4.70. The summed E-state index contributed by atoms with van der Waals surface area (Å²) in [7, 11) is 0. The summed E-state index contributed by atoms with van der Waals surface area (Å²) in [5.41, 5.74) is -0.886. The summed E-state index contributed by atoms with van der Waals surface area (Å²) >= 11 is 8.05. The van der Waals surface area contributed by atoms with Crippen LogP contribution < -0.4 is 10.6 Å². The molecule has 186 valence electrons. The highest BCUT2D eigenvalue weighted by atomic mass is 35.5. The highest BCUT2D eigenvalue weighted by molar-refractivity contribution is 7.14. The number of thiazole rings is 2. The van der Waals surface area contributed by atoms with Crippen LogP contribution in [0.5, 0.6) is 0 Å². The molecule has 8 nitrogen and oxygen atoms in total. The zero-order chi connectivity index (χ0) is 25.9. The van der Waals surface area contributed by atoms with Crippen molar-refractivity contribution in [1.29, 1.82) is 0 Å². The first-order valence-corrected chi connectivity index (χ1v) is 12.3. The molecule has 0 aliphatic carbocycles. The first-order chi connectivity index (χ1) is 17.1. The second-order valence-electron chi connectivity index (χ2n) is 7.49. The van der Waals surface area contributed by atoms with Crippen molar-refractivity contribution in [1.82, 2.24) is 19.9 Å². The van der Waals surface area contributed by atoms with Gasteiger partial charge in [-0.2, -0.15) is 13.2 Å². The molecule has 0 radical (unpaired) electrons. The van der Waals surface area contributed by atoms with Gasteiger partial charge in [-0.15, -0.1) is 22.7 Å². The van der Waals surface area contributed by atoms with Crippen molar-refractivity contribution in [2.45, 2.75) is 25.4 Å². The van der Waals surface area contributed by atoms with E-state index in [9.17, 15) is 22.8 Å². The highest BCUT2D eigenvalue weighted by Gasteiger charge is 2.33. The molecule has 0 aliphatic heterocycles. The lowest BCUT2D eigenvalue weighted by Gasteiger charge is -2.11. The normalized spacial score (nSPS) is 12.2. The molecule has 0 saturated carbocycles. The second kappa shape index (κ2) is 10.7. The lowest BCUT2D eigenvalue weighted by atomic mass is 10.0. The fourth-order valence-electron chi connectivity index (χ4n) is 3.08. The number of alkyl halides is 3. The quantitative estimate of drug-likeness (QED) is 0.242. The first-order valence-electron chi connectivity index (χ1n) is 10.3. The van der Waals surface area contributed by atoms with E-state index in [1.807, 2.05) is 0 Å². The van der Waals surface area contributed by atoms with Crippen molar-refractivity contribution in [3.63, 3.8) is 0 Å². The summed E-state index contributed by atoms with van der Waals surface area (Å²) in [6.45, 7) is 1.78. The molecule has 36 heavy (non-hydrogen) atoms. The molecule has 2 N–H and O–H groups in total. The zero-order valence-corrected chi connectivity index (χ0v) is 20.7. The number of carbonyl (C=O) groups is 2. The molecular weight excluding hydrogens is 537 g/mol. The van der Waals surface area contributed by atoms with Crippen molar-refractivity contribution in [3.8, 4) is 0 Å². The molecule has 0 fully saturated rings. The van der Waals surface area contributed by atoms with Crippen molar-refractivity contribution in [3.05, 3.63) is 74.5 Å². The SMILES string of the molecule is CC(CC(=O)c1cc(Nc2nccs2)ncn1)c1ncc(C(=O)Nc2ccc(Cl)c(C(F)(F)F)c2)s1. The minimum absolute atomic E-state index is 0.0548. The summed E-state index contributed by atoms with van der Waals surface area (Å²) in [5.74, 6) is -0.766. The third kappa shape index (κ3) is 6.22. The smallest absolute Gasteiger partial charge is 0.321 e. The Hall–Kier alpha value is -3.42. The minimum atomic E-state index is -4.65. The molecule has 0 spiro atoms. The van der Waals surface area contributed by atoms with Gasteiger partial charge in [-0.1, -0.05) is 18.5 Å². The number of Topliss-reactive ketones (excluding diaryl/α,β-unsaturated/α-hetero) is 1. The predicted molar refractivity (Wildman–Crippen MR) is 131 cm³/mol. The molecule has 1 atom stereocenters. The third-order valence-electron chi connectivity index (χ3n) is 4.81. The van der Waals surface area contributed by atoms with E-state index in [2.05, 4.69) is 30.6 Å². The van der Waals surface area contributed by atoms with Crippen molar-refractivity contribution in [2.24, 2.45) is 0 Å². The number of halogens is 4. The van der Waals surface area contributed by atoms with Crippen LogP contribution in [0.1, 0.15) is 50.0 Å². The molecule has 1 unspecified atom stereocenters. The number of amides is 1. The summed E-state index contributed by atoms with van der Waals surface area (Å²) in [6, 6.07) is 4.64. The molecule has 3 heterocycles. The fraction of sp³-hybridized carbons (Fsp3) is 0.182. The van der Waals surface area contributed by atoms with Crippen LogP contribution in [0, 0.1) is 0 Å². The van der Waals surface area contributed by atoms with Crippen molar-refractivity contribution >= 4 is 62.6 Å². The van der Waals surface area contributed by atoms with E-state index in [0.29, 0.717) is 16.0 Å². The van der Waals surface area contributed by atoms with E-state index in [4.69, 9.17) is 11.6 Å². The van der Waals surface area contributed by atoms with E-state index in [1.165, 1.54) is 36.0 Å². The molecule has 1 aromatic carbocycles. The summed E-state index contributed by atoms with van der Waals surface area (Å²) in [5, 5.41) is 7.90. The maximum Gasteiger partial charge on any atom is 0.417 e. The zero-order valence-electron chi connectivity index (χ0n) is 18.3. The van der Waals surface area contributed by atoms with Gasteiger partial charge in [-0.05, 0) is 18.2 Å². The van der Waals surface area contributed by atoms with Crippen LogP contribution >= 0.6 is 34.3 Å². The van der Waals surface area contributed by atoms with Gasteiger partial charge in [0.15, 0.2) is 10.9 Å². The van der Waals surface area contributed by atoms with Gasteiger partial charge in [0, 0.05) is 35.7 Å². The molecule has 4 rings (SSSR count). The van der Waals surface area contributed by atoms with Gasteiger partial charge in [0.25, 0.3) is 5.91 Å². The second-order valence-corrected chi connectivity index (χ2v) is 9.85. The Bertz CT molecular complexity index is 1390. The number of benzene rings is 1. The Labute approximate surface area is 215 Å². The van der Waals surface area contributed by atoms with E-state index in [1.54, 1.807) is 18.5 Å². The Morgan fingerprint density at radius 1 is 1.14 bits per heavy atom. The van der Waals surface area contributed by atoms with Gasteiger partial charge >= 0.3 is 6.18 Å². The van der Waals surface area contributed by atoms with Crippen LogP contribution in [0.2, 0.25) is 5.02 Å². The molecule has 0 saturated heterocycles. The number of hydrogen-bond donors (Lipinski definition) is 2. The summed E-state index contributed by atoms with van der Waals surface area (Å²) in [6.07, 6.45) is -0.342. The van der Waals surface area contributed by atoms with Crippen LogP contribution in [-0.2, 0) is 6.18 Å². The number of hydrogen-bond acceptors (Lipinski definition) is 9. The summed E-state index contributed by atoms with van der Waals surface area (Å²) < 4.78 is 39.2. The molecule has 0 aliphatic rings. The molecular formula is C22H16ClF3N6O2S2. The standard InChI is InChI=1S/C22H16ClF3N6O2S2/c1-11(6-16(33)15-8-18(30-10-29-15)32-21-27-4-5-35-21)20-28-9-17(36-20)19(34)31-12-2-3-14(23)13(7-12)22(24,25)26/h2-5,7-11H,6H2,1H3,(H,31,34)(H,27,29,30,32). The van der Waals surface area contributed by atoms with E-state index >= 15 is 0 Å². The summed E-state index contributed by atoms with van der Waals surface area (Å²) in [4.78, 5) is 42.0. The monoisotopic (exact) mass is 552 g/mol. The largest absolute Gasteiger partial charge is 0.417 e. The van der Waals surface area contributed by atoms with Crippen LogP contribution in [0.15, 0.2) is 48.4 Å². The van der Waals surface area contributed by atoms with E-state index in [-0.39, 0.29) is 34.4 Å². The number of aromatic nitrogens is 4. The maximum atomic E-state index is 13.1. The van der Waals surface area contributed by atoms with Gasteiger partial charge in [-0.25, -0.2) is 19.9 Å². The minimum Gasteiger partial charge on any atom is -0.321 e. The van der Waals surface area contributed by atoms with Crippen molar-refractivity contribution < 1.29 is 22.8 Å². The van der Waals surface area contributed by atoms with Gasteiger partial charge in [-0.3, -0.25) is 9.59 Å². The Morgan fingerprint density at radius 3 is 2.67 bits per heavy atom. The number of rotatable bonds is 8. The van der Waals surface area contributed by atoms with Crippen LogP contribution in [0.3, 0.4) is 0 Å². The first kappa shape index (κ1) is 25.7. The molecule has 0 bridgehead atoms. The Balaban J connectivity index is 1.40. The Kier molecular flexibility index (Phi) is 7.62. The lowest BCUT2D eigenvalue weighted by molar-refractivity contribution is -0.137. The molecule has 1 amide bonds. The lowest BCUT2D eigenvalue weighted by Crippen LogP contribution is -2.12. The van der Waals surface area contributed by atoms with Gasteiger partial charge < -0.3 is 10.6 Å². The van der Waals surface area contributed by atoms with E-state index in [0.717, 1.165) is 23.5 Å². The van der Waals surface area contributed by atoms with Crippen molar-refractivity contribution in [2.75, 3.05) is 10.6 Å². The van der Waals surface area contributed by atoms with E-state index < -0.39 is 22.7 Å². The number of ketones is 1. The van der Waals surface area contributed by atoms with Crippen LogP contribution in [0.25, 0.3) is 0 Å². The number of nitrogens with zero attached hydrogens (tertiary/aromatic N) is 4. The number of anilines is 3. The average molecular weight is 553 g/mol. The van der Waals surface area contributed by atoms with Gasteiger partial charge in [0.1, 0.15) is 22.7 Å². The van der Waals surface area contributed by atoms with Gasteiger partial charge in [0.2, 0.25) is 0 Å². The predicted octanol–water partition coefficient (Wildman–Crippen LogP) is 6.43. The molecule has 4 aromatic rings.